The van der Waals surface area contributed by atoms with Crippen molar-refractivity contribution in [3.63, 3.8) is 0 Å². The topological polar surface area (TPSA) is 102 Å². The second-order valence-corrected chi connectivity index (χ2v) is 8.06. The van der Waals surface area contributed by atoms with E-state index in [0.717, 1.165) is 5.56 Å². The molecule has 3 aromatic rings. The molecule has 10 heteroatoms. The van der Waals surface area contributed by atoms with Crippen LogP contribution in [-0.4, -0.2) is 41.1 Å². The molecule has 0 aliphatic rings. The zero-order valence-corrected chi connectivity index (χ0v) is 20.2. The van der Waals surface area contributed by atoms with E-state index in [4.69, 9.17) is 25.8 Å². The number of methoxy groups -OCH3 is 1. The number of hydrogen-bond acceptors (Lipinski definition) is 7. The van der Waals surface area contributed by atoms with Crippen LogP contribution < -0.4 is 14.8 Å². The average molecular weight is 507 g/mol. The molecule has 1 unspecified atom stereocenters. The quantitative estimate of drug-likeness (QED) is 0.309. The van der Waals surface area contributed by atoms with Crippen LogP contribution in [0.4, 0.5) is 4.39 Å². The van der Waals surface area contributed by atoms with Gasteiger partial charge in [0.2, 0.25) is 0 Å². The molecule has 1 heterocycles. The molecule has 2 aromatic carbocycles. The Kier molecular flexibility index (Phi) is 9.22. The number of carbonyl (C=O) groups excluding carboxylic acids is 1. The lowest BCUT2D eigenvalue weighted by Crippen LogP contribution is -2.24. The third kappa shape index (κ3) is 7.03. The van der Waals surface area contributed by atoms with E-state index >= 15 is 0 Å². The van der Waals surface area contributed by atoms with Crippen molar-refractivity contribution < 1.29 is 33.6 Å². The molecule has 35 heavy (non-hydrogen) atoms. The second-order valence-electron chi connectivity index (χ2n) is 7.65. The Morgan fingerprint density at radius 2 is 1.86 bits per heavy atom. The van der Waals surface area contributed by atoms with E-state index in [0.29, 0.717) is 23.6 Å². The van der Waals surface area contributed by atoms with Crippen molar-refractivity contribution in [3.8, 4) is 23.3 Å². The molecule has 0 fully saturated rings. The molecule has 0 spiro atoms. The second kappa shape index (κ2) is 12.3. The number of carbonyl (C=O) groups is 1. The summed E-state index contributed by atoms with van der Waals surface area (Å²) < 4.78 is 31.6. The van der Waals surface area contributed by atoms with Crippen LogP contribution >= 0.6 is 11.6 Å². The van der Waals surface area contributed by atoms with Gasteiger partial charge in [-0.15, -0.1) is 0 Å². The number of aromatic hydroxyl groups is 2. The summed E-state index contributed by atoms with van der Waals surface area (Å²) >= 11 is 5.80. The fraction of sp³-hybridized carbons (Fsp3) is 0.320. The molecule has 3 rings (SSSR count). The molecule has 0 aliphatic heterocycles. The minimum absolute atomic E-state index is 0.00570. The van der Waals surface area contributed by atoms with Gasteiger partial charge in [0.25, 0.3) is 0 Å². The van der Waals surface area contributed by atoms with Crippen LogP contribution in [0.1, 0.15) is 30.5 Å². The maximum Gasteiger partial charge on any atom is 0.307 e. The fourth-order valence-corrected chi connectivity index (χ4v) is 3.65. The molecule has 0 saturated carbocycles. The number of benzene rings is 2. The Morgan fingerprint density at radius 3 is 2.51 bits per heavy atom. The van der Waals surface area contributed by atoms with E-state index in [-0.39, 0.29) is 43.0 Å². The molecule has 8 nitrogen and oxygen atoms in total. The van der Waals surface area contributed by atoms with E-state index < -0.39 is 17.8 Å². The average Bonchev–Trinajstić information content (AvgIpc) is 3.16. The molecule has 1 atom stereocenters. The first-order valence-corrected chi connectivity index (χ1v) is 11.4. The fourth-order valence-electron chi connectivity index (χ4n) is 3.53. The van der Waals surface area contributed by atoms with Crippen molar-refractivity contribution in [3.05, 3.63) is 70.5 Å². The van der Waals surface area contributed by atoms with Crippen LogP contribution in [0.25, 0.3) is 0 Å². The van der Waals surface area contributed by atoms with Gasteiger partial charge in [0, 0.05) is 24.7 Å². The zero-order chi connectivity index (χ0) is 25.4. The third-order valence-corrected chi connectivity index (χ3v) is 5.62. The summed E-state index contributed by atoms with van der Waals surface area (Å²) in [5.74, 6) is -0.101. The molecule has 0 radical (unpaired) electrons. The molecule has 188 valence electrons. The van der Waals surface area contributed by atoms with Crippen molar-refractivity contribution in [2.45, 2.75) is 32.5 Å². The van der Waals surface area contributed by atoms with Gasteiger partial charge in [0.05, 0.1) is 31.7 Å². The van der Waals surface area contributed by atoms with Crippen molar-refractivity contribution in [2.24, 2.45) is 0 Å². The van der Waals surface area contributed by atoms with Crippen molar-refractivity contribution in [1.82, 2.24) is 9.88 Å². The highest BCUT2D eigenvalue weighted by atomic mass is 35.5. The molecule has 0 saturated heterocycles. The molecule has 0 aliphatic carbocycles. The summed E-state index contributed by atoms with van der Waals surface area (Å²) in [6.07, 6.45) is 0.0202. The predicted molar refractivity (Wildman–Crippen MR) is 128 cm³/mol. The smallest absolute Gasteiger partial charge is 0.307 e. The minimum atomic E-state index is -0.565. The van der Waals surface area contributed by atoms with E-state index in [1.165, 1.54) is 35.9 Å². The normalized spacial score (nSPS) is 11.8. The first kappa shape index (κ1) is 26.2. The SMILES string of the molecule is CCOC(=O)CC(NCc1ccc(OCCn2c(O)ccc2O)c(OC)c1)c1ccc(Cl)c(F)c1. The molecule has 0 amide bonds. The summed E-state index contributed by atoms with van der Waals surface area (Å²) in [4.78, 5) is 12.1. The monoisotopic (exact) mass is 506 g/mol. The van der Waals surface area contributed by atoms with Gasteiger partial charge in [-0.1, -0.05) is 23.7 Å². The lowest BCUT2D eigenvalue weighted by molar-refractivity contribution is -0.143. The number of aromatic nitrogens is 1. The largest absolute Gasteiger partial charge is 0.494 e. The molecule has 1 aromatic heterocycles. The predicted octanol–water partition coefficient (Wildman–Crippen LogP) is 4.56. The van der Waals surface area contributed by atoms with Gasteiger partial charge in [-0.25, -0.2) is 4.39 Å². The van der Waals surface area contributed by atoms with Crippen LogP contribution in [0, 0.1) is 5.82 Å². The molecular formula is C25H28ClFN2O6. The number of halogens is 2. The van der Waals surface area contributed by atoms with Crippen molar-refractivity contribution in [1.29, 1.82) is 0 Å². The zero-order valence-electron chi connectivity index (χ0n) is 19.5. The maximum atomic E-state index is 14.0. The summed E-state index contributed by atoms with van der Waals surface area (Å²) in [7, 11) is 1.52. The number of esters is 1. The van der Waals surface area contributed by atoms with E-state index in [1.54, 1.807) is 25.1 Å². The van der Waals surface area contributed by atoms with Gasteiger partial charge in [-0.3, -0.25) is 9.36 Å². The summed E-state index contributed by atoms with van der Waals surface area (Å²) in [6.45, 7) is 2.76. The lowest BCUT2D eigenvalue weighted by atomic mass is 10.0. The van der Waals surface area contributed by atoms with Crippen LogP contribution in [0.15, 0.2) is 48.5 Å². The first-order chi connectivity index (χ1) is 16.8. The van der Waals surface area contributed by atoms with Gasteiger partial charge in [-0.2, -0.15) is 0 Å². The van der Waals surface area contributed by atoms with Crippen LogP contribution in [0.5, 0.6) is 23.3 Å². The molecule has 3 N–H and O–H groups in total. The minimum Gasteiger partial charge on any atom is -0.494 e. The van der Waals surface area contributed by atoms with Gasteiger partial charge in [0.1, 0.15) is 12.4 Å². The number of nitrogens with one attached hydrogen (secondary N) is 1. The van der Waals surface area contributed by atoms with Gasteiger partial charge >= 0.3 is 5.97 Å². The standard InChI is InChI=1S/C25H28ClFN2O6/c1-3-34-25(32)14-20(17-5-6-18(26)19(27)13-17)28-15-16-4-7-21(22(12-16)33-2)35-11-10-29-23(30)8-9-24(29)31/h4-9,12-13,20,28,30-31H,3,10-11,14-15H2,1-2H3. The van der Waals surface area contributed by atoms with E-state index in [2.05, 4.69) is 5.32 Å². The summed E-state index contributed by atoms with van der Waals surface area (Å²) in [5, 5.41) is 22.7. The van der Waals surface area contributed by atoms with E-state index in [9.17, 15) is 19.4 Å². The Hall–Kier alpha value is -3.43. The highest BCUT2D eigenvalue weighted by Crippen LogP contribution is 2.29. The van der Waals surface area contributed by atoms with Gasteiger partial charge in [0.15, 0.2) is 23.3 Å². The van der Waals surface area contributed by atoms with E-state index in [1.807, 2.05) is 6.07 Å². The lowest BCUT2D eigenvalue weighted by Gasteiger charge is -2.20. The number of hydrogen-bond donors (Lipinski definition) is 3. The Morgan fingerprint density at radius 1 is 1.11 bits per heavy atom. The van der Waals surface area contributed by atoms with Crippen LogP contribution in [0.2, 0.25) is 5.02 Å². The summed E-state index contributed by atoms with van der Waals surface area (Å²) in [6, 6.07) is 12.1. The van der Waals surface area contributed by atoms with Crippen LogP contribution in [-0.2, 0) is 22.6 Å². The first-order valence-electron chi connectivity index (χ1n) is 11.0. The molecular weight excluding hydrogens is 479 g/mol. The number of ether oxygens (including phenoxy) is 3. The third-order valence-electron chi connectivity index (χ3n) is 5.31. The number of nitrogens with zero attached hydrogens (tertiary/aromatic N) is 1. The maximum absolute atomic E-state index is 14.0. The Bertz CT molecular complexity index is 1130. The van der Waals surface area contributed by atoms with Gasteiger partial charge in [-0.05, 0) is 42.3 Å². The van der Waals surface area contributed by atoms with Gasteiger partial charge < -0.3 is 29.7 Å². The Balaban J connectivity index is 1.67. The Labute approximate surface area is 207 Å². The van der Waals surface area contributed by atoms with Crippen LogP contribution in [0.3, 0.4) is 0 Å². The van der Waals surface area contributed by atoms with Crippen molar-refractivity contribution >= 4 is 17.6 Å². The summed E-state index contributed by atoms with van der Waals surface area (Å²) in [5.41, 5.74) is 1.42. The molecule has 0 bridgehead atoms. The van der Waals surface area contributed by atoms with Crippen molar-refractivity contribution in [2.75, 3.05) is 20.3 Å². The number of rotatable bonds is 12. The highest BCUT2D eigenvalue weighted by Gasteiger charge is 2.18. The highest BCUT2D eigenvalue weighted by molar-refractivity contribution is 6.30.